The number of carbonyl (C=O) groups is 2. The first-order valence-corrected chi connectivity index (χ1v) is 10.6. The van der Waals surface area contributed by atoms with E-state index < -0.39 is 5.97 Å². The standard InChI is InChI=1S/C22H33N3O3/c1-24(16-21(26)27)19-11-6-13-25(14-12-19)22(28)23-20(15-17-7-5-8-17)18-9-3-2-4-10-18/h2-4,9-10,17,19-20H,5-8,11-16H2,1H3,(H,23,28)(H,26,27). The van der Waals surface area contributed by atoms with Gasteiger partial charge >= 0.3 is 12.0 Å². The van der Waals surface area contributed by atoms with Crippen molar-refractivity contribution < 1.29 is 14.7 Å². The van der Waals surface area contributed by atoms with E-state index >= 15 is 0 Å². The van der Waals surface area contributed by atoms with Crippen LogP contribution in [0.4, 0.5) is 4.79 Å². The highest BCUT2D eigenvalue weighted by Crippen LogP contribution is 2.34. The van der Waals surface area contributed by atoms with E-state index in [0.717, 1.165) is 32.2 Å². The Balaban J connectivity index is 1.57. The van der Waals surface area contributed by atoms with Crippen LogP contribution in [-0.4, -0.2) is 59.6 Å². The first-order valence-electron chi connectivity index (χ1n) is 10.6. The molecule has 3 rings (SSSR count). The molecule has 28 heavy (non-hydrogen) atoms. The second-order valence-corrected chi connectivity index (χ2v) is 8.33. The van der Waals surface area contributed by atoms with Crippen LogP contribution in [0.25, 0.3) is 0 Å². The van der Waals surface area contributed by atoms with Crippen molar-refractivity contribution in [1.29, 1.82) is 0 Å². The molecule has 1 aliphatic carbocycles. The average molecular weight is 388 g/mol. The third-order valence-corrected chi connectivity index (χ3v) is 6.29. The van der Waals surface area contributed by atoms with Crippen molar-refractivity contribution in [3.05, 3.63) is 35.9 Å². The Labute approximate surface area is 167 Å². The van der Waals surface area contributed by atoms with E-state index in [4.69, 9.17) is 5.11 Å². The minimum Gasteiger partial charge on any atom is -0.480 e. The zero-order valence-electron chi connectivity index (χ0n) is 16.8. The van der Waals surface area contributed by atoms with Gasteiger partial charge in [0.2, 0.25) is 0 Å². The number of nitrogens with one attached hydrogen (secondary N) is 1. The number of benzene rings is 1. The lowest BCUT2D eigenvalue weighted by molar-refractivity contribution is -0.138. The first-order chi connectivity index (χ1) is 13.5. The third kappa shape index (κ3) is 5.71. The summed E-state index contributed by atoms with van der Waals surface area (Å²) in [5.74, 6) is -0.0910. The Bertz CT molecular complexity index is 648. The molecule has 2 fully saturated rings. The van der Waals surface area contributed by atoms with E-state index in [1.807, 2.05) is 35.0 Å². The van der Waals surface area contributed by atoms with Gasteiger partial charge < -0.3 is 15.3 Å². The van der Waals surface area contributed by atoms with Crippen molar-refractivity contribution in [2.45, 2.75) is 57.0 Å². The molecule has 6 heteroatoms. The largest absolute Gasteiger partial charge is 0.480 e. The van der Waals surface area contributed by atoms with Crippen LogP contribution >= 0.6 is 0 Å². The number of hydrogen-bond acceptors (Lipinski definition) is 3. The van der Waals surface area contributed by atoms with E-state index in [9.17, 15) is 9.59 Å². The molecule has 0 aromatic heterocycles. The highest BCUT2D eigenvalue weighted by molar-refractivity contribution is 5.74. The van der Waals surface area contributed by atoms with Crippen LogP contribution in [-0.2, 0) is 4.79 Å². The Morgan fingerprint density at radius 2 is 1.89 bits per heavy atom. The molecule has 1 saturated heterocycles. The number of rotatable bonds is 7. The number of carbonyl (C=O) groups excluding carboxylic acids is 1. The van der Waals surface area contributed by atoms with E-state index in [1.165, 1.54) is 24.8 Å². The highest BCUT2D eigenvalue weighted by atomic mass is 16.4. The Morgan fingerprint density at radius 1 is 1.14 bits per heavy atom. The number of amides is 2. The molecule has 1 aliphatic heterocycles. The number of aliphatic carboxylic acids is 1. The van der Waals surface area contributed by atoms with E-state index in [-0.39, 0.29) is 24.7 Å². The normalized spacial score (nSPS) is 21.6. The van der Waals surface area contributed by atoms with Gasteiger partial charge in [-0.15, -0.1) is 0 Å². The van der Waals surface area contributed by atoms with Crippen LogP contribution in [0.3, 0.4) is 0 Å². The van der Waals surface area contributed by atoms with Crippen molar-refractivity contribution >= 4 is 12.0 Å². The van der Waals surface area contributed by atoms with Crippen molar-refractivity contribution in [1.82, 2.24) is 15.1 Å². The lowest BCUT2D eigenvalue weighted by Crippen LogP contribution is -2.43. The molecule has 2 amide bonds. The average Bonchev–Trinajstić information content (AvgIpc) is 2.90. The summed E-state index contributed by atoms with van der Waals surface area (Å²) in [7, 11) is 1.86. The van der Waals surface area contributed by atoms with Gasteiger partial charge in [-0.2, -0.15) is 0 Å². The summed E-state index contributed by atoms with van der Waals surface area (Å²) in [6.45, 7) is 1.45. The van der Waals surface area contributed by atoms with Crippen molar-refractivity contribution in [3.8, 4) is 0 Å². The van der Waals surface area contributed by atoms with Gasteiger partial charge in [-0.1, -0.05) is 49.6 Å². The fourth-order valence-corrected chi connectivity index (χ4v) is 4.33. The lowest BCUT2D eigenvalue weighted by Gasteiger charge is -2.32. The molecule has 1 saturated carbocycles. The molecular formula is C22H33N3O3. The number of likely N-dealkylation sites (tertiary alicyclic amines) is 1. The fraction of sp³-hybridized carbons (Fsp3) is 0.636. The summed E-state index contributed by atoms with van der Waals surface area (Å²) in [6, 6.07) is 10.6. The maximum absolute atomic E-state index is 13.0. The summed E-state index contributed by atoms with van der Waals surface area (Å²) >= 11 is 0. The molecule has 2 unspecified atom stereocenters. The molecule has 0 radical (unpaired) electrons. The van der Waals surface area contributed by atoms with Crippen LogP contribution in [0.1, 0.15) is 56.6 Å². The summed E-state index contributed by atoms with van der Waals surface area (Å²) in [4.78, 5) is 27.8. The van der Waals surface area contributed by atoms with Crippen LogP contribution < -0.4 is 5.32 Å². The SMILES string of the molecule is CN(CC(=O)O)C1CCCN(C(=O)NC(CC2CCC2)c2ccccc2)CC1. The maximum Gasteiger partial charge on any atom is 0.317 e. The van der Waals surface area contributed by atoms with Crippen LogP contribution in [0.15, 0.2) is 30.3 Å². The van der Waals surface area contributed by atoms with Crippen molar-refractivity contribution in [3.63, 3.8) is 0 Å². The van der Waals surface area contributed by atoms with E-state index in [0.29, 0.717) is 12.5 Å². The predicted octanol–water partition coefficient (Wildman–Crippen LogP) is 3.50. The molecule has 2 atom stereocenters. The molecule has 0 bridgehead atoms. The molecule has 154 valence electrons. The highest BCUT2D eigenvalue weighted by Gasteiger charge is 2.28. The van der Waals surface area contributed by atoms with Gasteiger partial charge in [-0.05, 0) is 44.2 Å². The first kappa shape index (κ1) is 20.6. The maximum atomic E-state index is 13.0. The summed E-state index contributed by atoms with van der Waals surface area (Å²) in [5, 5.41) is 12.3. The quantitative estimate of drug-likeness (QED) is 0.751. The number of urea groups is 1. The van der Waals surface area contributed by atoms with Crippen molar-refractivity contribution in [2.24, 2.45) is 5.92 Å². The lowest BCUT2D eigenvalue weighted by atomic mass is 9.79. The molecule has 2 aliphatic rings. The summed E-state index contributed by atoms with van der Waals surface area (Å²) in [5.41, 5.74) is 1.18. The number of carboxylic acid groups (broad SMARTS) is 1. The summed E-state index contributed by atoms with van der Waals surface area (Å²) in [6.07, 6.45) is 7.49. The smallest absolute Gasteiger partial charge is 0.317 e. The predicted molar refractivity (Wildman–Crippen MR) is 109 cm³/mol. The van der Waals surface area contributed by atoms with Gasteiger partial charge in [0.05, 0.1) is 12.6 Å². The minimum atomic E-state index is -0.803. The molecule has 2 N–H and O–H groups in total. The molecule has 1 heterocycles. The van der Waals surface area contributed by atoms with Gasteiger partial charge in [0.15, 0.2) is 0 Å². The van der Waals surface area contributed by atoms with Gasteiger partial charge in [-0.25, -0.2) is 4.79 Å². The zero-order chi connectivity index (χ0) is 19.9. The van der Waals surface area contributed by atoms with Gasteiger partial charge in [0, 0.05) is 19.1 Å². The molecular weight excluding hydrogens is 354 g/mol. The second kappa shape index (κ2) is 9.92. The number of likely N-dealkylation sites (N-methyl/N-ethyl adjacent to an activating group) is 1. The third-order valence-electron chi connectivity index (χ3n) is 6.29. The fourth-order valence-electron chi connectivity index (χ4n) is 4.33. The number of carboxylic acids is 1. The Hall–Kier alpha value is -2.08. The van der Waals surface area contributed by atoms with Crippen LogP contribution in [0, 0.1) is 5.92 Å². The molecule has 0 spiro atoms. The zero-order valence-corrected chi connectivity index (χ0v) is 16.8. The van der Waals surface area contributed by atoms with Gasteiger partial charge in [0.25, 0.3) is 0 Å². The van der Waals surface area contributed by atoms with E-state index in [1.54, 1.807) is 0 Å². The monoisotopic (exact) mass is 387 g/mol. The van der Waals surface area contributed by atoms with Crippen LogP contribution in [0.5, 0.6) is 0 Å². The van der Waals surface area contributed by atoms with Crippen LogP contribution in [0.2, 0.25) is 0 Å². The van der Waals surface area contributed by atoms with Gasteiger partial charge in [0.1, 0.15) is 0 Å². The van der Waals surface area contributed by atoms with Gasteiger partial charge in [-0.3, -0.25) is 9.69 Å². The summed E-state index contributed by atoms with van der Waals surface area (Å²) < 4.78 is 0. The number of nitrogens with zero attached hydrogens (tertiary/aromatic N) is 2. The molecule has 6 nitrogen and oxygen atoms in total. The number of hydrogen-bond donors (Lipinski definition) is 2. The molecule has 1 aromatic carbocycles. The Kier molecular flexibility index (Phi) is 7.31. The second-order valence-electron chi connectivity index (χ2n) is 8.33. The van der Waals surface area contributed by atoms with Crippen molar-refractivity contribution in [2.75, 3.05) is 26.7 Å². The minimum absolute atomic E-state index is 0.00899. The topological polar surface area (TPSA) is 72.9 Å². The Morgan fingerprint density at radius 3 is 2.54 bits per heavy atom. The molecule has 1 aromatic rings. The van der Waals surface area contributed by atoms with E-state index in [2.05, 4.69) is 17.4 Å².